The highest BCUT2D eigenvalue weighted by Gasteiger charge is 2.13. The van der Waals surface area contributed by atoms with Crippen molar-refractivity contribution in [2.75, 3.05) is 0 Å². The molecule has 4 heteroatoms. The summed E-state index contributed by atoms with van der Waals surface area (Å²) in [6.07, 6.45) is 2.62. The van der Waals surface area contributed by atoms with Crippen molar-refractivity contribution in [2.45, 2.75) is 13.3 Å². The van der Waals surface area contributed by atoms with E-state index in [1.807, 2.05) is 30.3 Å². The number of aromatic amines is 1. The Balaban J connectivity index is 1.80. The van der Waals surface area contributed by atoms with E-state index in [0.717, 1.165) is 51.0 Å². The molecule has 5 rings (SSSR count). The van der Waals surface area contributed by atoms with Gasteiger partial charge in [0.2, 0.25) is 0 Å². The Hall–Kier alpha value is -3.53. The molecule has 0 aliphatic rings. The highest BCUT2D eigenvalue weighted by Crippen LogP contribution is 2.32. The molecule has 1 N–H and O–H groups in total. The van der Waals surface area contributed by atoms with Crippen LogP contribution in [-0.4, -0.2) is 19.9 Å². The van der Waals surface area contributed by atoms with Gasteiger partial charge in [0.15, 0.2) is 0 Å². The van der Waals surface area contributed by atoms with Crippen LogP contribution in [0.2, 0.25) is 0 Å². The van der Waals surface area contributed by atoms with Gasteiger partial charge in [-0.3, -0.25) is 0 Å². The van der Waals surface area contributed by atoms with Crippen molar-refractivity contribution in [3.8, 4) is 22.5 Å². The Bertz CT molecular complexity index is 1240. The summed E-state index contributed by atoms with van der Waals surface area (Å²) in [5.41, 5.74) is 9.05. The first-order valence-electron chi connectivity index (χ1n) is 9.11. The molecule has 5 aromatic rings. The number of nitrogens with one attached hydrogen (secondary N) is 1. The summed E-state index contributed by atoms with van der Waals surface area (Å²) >= 11 is 0. The number of rotatable bonds is 3. The number of benzene rings is 3. The van der Waals surface area contributed by atoms with Crippen LogP contribution >= 0.6 is 0 Å². The molecule has 0 bridgehead atoms. The van der Waals surface area contributed by atoms with Gasteiger partial charge in [-0.1, -0.05) is 61.5 Å². The number of H-pyrrole nitrogens is 1. The van der Waals surface area contributed by atoms with Gasteiger partial charge < -0.3 is 4.98 Å². The minimum atomic E-state index is 0.863. The number of hydrogen-bond acceptors (Lipinski definition) is 3. The first-order chi connectivity index (χ1) is 13.3. The maximum atomic E-state index is 5.00. The predicted molar refractivity (Wildman–Crippen MR) is 109 cm³/mol. The predicted octanol–water partition coefficient (Wildman–Crippen LogP) is 5.40. The molecule has 0 radical (unpaired) electrons. The minimum absolute atomic E-state index is 0.863. The first kappa shape index (κ1) is 15.7. The lowest BCUT2D eigenvalue weighted by molar-refractivity contribution is 1.14. The van der Waals surface area contributed by atoms with Crippen LogP contribution in [0, 0.1) is 0 Å². The molecule has 2 aromatic heterocycles. The van der Waals surface area contributed by atoms with Gasteiger partial charge in [-0.15, -0.1) is 0 Å². The molecule has 2 heterocycles. The van der Waals surface area contributed by atoms with Crippen LogP contribution in [0.3, 0.4) is 0 Å². The lowest BCUT2D eigenvalue weighted by atomic mass is 10.0. The fourth-order valence-electron chi connectivity index (χ4n) is 3.41. The Morgan fingerprint density at radius 1 is 0.778 bits per heavy atom. The first-order valence-corrected chi connectivity index (χ1v) is 9.11. The SMILES string of the molecule is CCc1ccc(-c2[nH]c3cc4ncnc4cc3nc2-c2ccccc2)cc1. The van der Waals surface area contributed by atoms with Crippen LogP contribution in [0.4, 0.5) is 0 Å². The maximum Gasteiger partial charge on any atom is 0.116 e. The van der Waals surface area contributed by atoms with Crippen molar-refractivity contribution in [3.63, 3.8) is 0 Å². The summed E-state index contributed by atoms with van der Waals surface area (Å²) < 4.78 is 0. The smallest absolute Gasteiger partial charge is 0.116 e. The number of fused-ring (bicyclic) bond motifs is 2. The molecule has 0 spiro atoms. The zero-order chi connectivity index (χ0) is 18.2. The van der Waals surface area contributed by atoms with Gasteiger partial charge in [0.25, 0.3) is 0 Å². The highest BCUT2D eigenvalue weighted by atomic mass is 14.9. The molecular formula is C23H18N4. The largest absolute Gasteiger partial charge is 0.351 e. The van der Waals surface area contributed by atoms with E-state index in [1.165, 1.54) is 5.56 Å². The number of imidazole rings is 1. The third-order valence-electron chi connectivity index (χ3n) is 4.91. The zero-order valence-electron chi connectivity index (χ0n) is 15.0. The fraction of sp³-hybridized carbons (Fsp3) is 0.0870. The molecule has 27 heavy (non-hydrogen) atoms. The van der Waals surface area contributed by atoms with Crippen molar-refractivity contribution in [1.29, 1.82) is 0 Å². The monoisotopic (exact) mass is 350 g/mol. The average Bonchev–Trinajstić information content (AvgIpc) is 3.19. The standard InChI is InChI=1S/C23H18N4/c1-2-15-8-10-17(11-9-15)23-22(16-6-4-3-5-7-16)26-20-12-18-19(25-14-24-18)13-21(20)27-23/h3-14,27H,2H2,1H3. The highest BCUT2D eigenvalue weighted by molar-refractivity contribution is 5.94. The van der Waals surface area contributed by atoms with Crippen LogP contribution in [0.15, 0.2) is 73.1 Å². The molecule has 0 atom stereocenters. The molecule has 3 aromatic carbocycles. The van der Waals surface area contributed by atoms with E-state index in [-0.39, 0.29) is 0 Å². The summed E-state index contributed by atoms with van der Waals surface area (Å²) in [5.74, 6) is 0. The fourth-order valence-corrected chi connectivity index (χ4v) is 3.41. The topological polar surface area (TPSA) is 54.5 Å². The van der Waals surface area contributed by atoms with Gasteiger partial charge in [-0.2, -0.15) is 0 Å². The van der Waals surface area contributed by atoms with E-state index in [1.54, 1.807) is 6.33 Å². The third kappa shape index (κ3) is 2.75. The van der Waals surface area contributed by atoms with E-state index in [2.05, 4.69) is 58.3 Å². The summed E-state index contributed by atoms with van der Waals surface area (Å²) in [6.45, 7) is 2.17. The number of aromatic nitrogens is 4. The molecule has 0 saturated heterocycles. The molecule has 0 aliphatic heterocycles. The van der Waals surface area contributed by atoms with Crippen molar-refractivity contribution in [2.24, 2.45) is 0 Å². The Morgan fingerprint density at radius 3 is 2.26 bits per heavy atom. The van der Waals surface area contributed by atoms with Crippen LogP contribution in [-0.2, 0) is 6.42 Å². The van der Waals surface area contributed by atoms with Crippen LogP contribution in [0.5, 0.6) is 0 Å². The van der Waals surface area contributed by atoms with Crippen molar-refractivity contribution in [1.82, 2.24) is 19.9 Å². The van der Waals surface area contributed by atoms with Crippen LogP contribution < -0.4 is 0 Å². The van der Waals surface area contributed by atoms with Gasteiger partial charge in [0.05, 0.1) is 33.5 Å². The van der Waals surface area contributed by atoms with Gasteiger partial charge >= 0.3 is 0 Å². The van der Waals surface area contributed by atoms with Gasteiger partial charge in [0, 0.05) is 11.1 Å². The summed E-state index contributed by atoms with van der Waals surface area (Å²) in [4.78, 5) is 17.2. The normalized spacial score (nSPS) is 11.3. The van der Waals surface area contributed by atoms with E-state index in [0.29, 0.717) is 0 Å². The van der Waals surface area contributed by atoms with Crippen molar-refractivity contribution >= 4 is 22.1 Å². The second-order valence-corrected chi connectivity index (χ2v) is 6.61. The quantitative estimate of drug-likeness (QED) is 0.474. The van der Waals surface area contributed by atoms with Gasteiger partial charge in [0.1, 0.15) is 6.33 Å². The summed E-state index contributed by atoms with van der Waals surface area (Å²) in [5, 5.41) is 0. The molecule has 0 unspecified atom stereocenters. The Labute approximate surface area is 157 Å². The lowest BCUT2D eigenvalue weighted by Gasteiger charge is -2.12. The molecule has 0 saturated carbocycles. The summed E-state index contributed by atoms with van der Waals surface area (Å²) in [7, 11) is 0. The van der Waals surface area contributed by atoms with E-state index in [4.69, 9.17) is 4.98 Å². The van der Waals surface area contributed by atoms with Crippen molar-refractivity contribution in [3.05, 3.63) is 78.6 Å². The van der Waals surface area contributed by atoms with Gasteiger partial charge in [-0.25, -0.2) is 15.0 Å². The Morgan fingerprint density at radius 2 is 1.52 bits per heavy atom. The lowest BCUT2D eigenvalue weighted by Crippen LogP contribution is -1.96. The minimum Gasteiger partial charge on any atom is -0.351 e. The Kier molecular flexibility index (Phi) is 3.68. The molecule has 130 valence electrons. The average molecular weight is 350 g/mol. The molecule has 4 nitrogen and oxygen atoms in total. The number of nitrogens with zero attached hydrogens (tertiary/aromatic N) is 3. The van der Waals surface area contributed by atoms with Gasteiger partial charge in [-0.05, 0) is 24.1 Å². The zero-order valence-corrected chi connectivity index (χ0v) is 15.0. The van der Waals surface area contributed by atoms with E-state index in [9.17, 15) is 0 Å². The van der Waals surface area contributed by atoms with Crippen LogP contribution in [0.1, 0.15) is 12.5 Å². The molecular weight excluding hydrogens is 332 g/mol. The van der Waals surface area contributed by atoms with E-state index < -0.39 is 0 Å². The maximum absolute atomic E-state index is 5.00. The molecule has 0 fully saturated rings. The molecule has 0 amide bonds. The third-order valence-corrected chi connectivity index (χ3v) is 4.91. The van der Waals surface area contributed by atoms with Crippen LogP contribution in [0.25, 0.3) is 44.6 Å². The second-order valence-electron chi connectivity index (χ2n) is 6.61. The number of hydrogen-bond donors (Lipinski definition) is 1. The van der Waals surface area contributed by atoms with Crippen molar-refractivity contribution < 1.29 is 0 Å². The molecule has 0 aliphatic carbocycles. The second kappa shape index (κ2) is 6.32. The number of aryl methyl sites for hydroxylation is 1. The summed E-state index contributed by atoms with van der Waals surface area (Å²) in [6, 6.07) is 23.0. The van der Waals surface area contributed by atoms with E-state index >= 15 is 0 Å².